The molecule has 5 aromatic rings. The molecule has 6 rings (SSSR count). The van der Waals surface area contributed by atoms with Crippen molar-refractivity contribution in [3.8, 4) is 16.9 Å². The minimum absolute atomic E-state index is 0.00222. The summed E-state index contributed by atoms with van der Waals surface area (Å²) in [5.74, 6) is -1.47. The number of ether oxygens (including phenoxy) is 1. The van der Waals surface area contributed by atoms with Crippen LogP contribution in [0.4, 0.5) is 4.39 Å². The molecule has 3 aromatic heterocycles. The lowest BCUT2D eigenvalue weighted by molar-refractivity contribution is 0.0687. The summed E-state index contributed by atoms with van der Waals surface area (Å²) in [5, 5.41) is 11.8. The molecule has 0 saturated carbocycles. The lowest BCUT2D eigenvalue weighted by atomic mass is 9.97. The number of H-pyrrole nitrogens is 1. The van der Waals surface area contributed by atoms with Gasteiger partial charge < -0.3 is 19.4 Å². The smallest absolute Gasteiger partial charge is 0.353 e. The van der Waals surface area contributed by atoms with Crippen molar-refractivity contribution in [3.63, 3.8) is 0 Å². The third kappa shape index (κ3) is 3.45. The number of benzene rings is 2. The minimum Gasteiger partial charge on any atom is -0.492 e. The number of hydrogen-bond donors (Lipinski definition) is 2. The SMILES string of the molecule is O=C(O)c1c(-c2ccc[nH]c2=O)c2c3c(c(F)cc2n1Cc1cc2ccccc2nc1Cl)CCCO3. The average Bonchev–Trinajstić information content (AvgIpc) is 3.19. The van der Waals surface area contributed by atoms with Crippen molar-refractivity contribution in [2.45, 2.75) is 19.4 Å². The van der Waals surface area contributed by atoms with E-state index < -0.39 is 17.3 Å². The third-order valence-corrected chi connectivity index (χ3v) is 6.87. The summed E-state index contributed by atoms with van der Waals surface area (Å²) >= 11 is 6.51. The first-order chi connectivity index (χ1) is 17.4. The highest BCUT2D eigenvalue weighted by Crippen LogP contribution is 2.44. The van der Waals surface area contributed by atoms with Crippen LogP contribution in [0.25, 0.3) is 32.9 Å². The molecule has 4 heterocycles. The van der Waals surface area contributed by atoms with Gasteiger partial charge in [-0.1, -0.05) is 29.8 Å². The number of halogens is 2. The first kappa shape index (κ1) is 22.3. The standard InChI is InChI=1S/C27H19ClFN3O4/c28-25-15(11-14-5-1-2-8-19(14)31-25)13-32-20-12-18(29)16-7-4-10-36-24(16)22(20)21(23(32)27(34)35)17-6-3-9-30-26(17)33/h1-3,5-6,8-9,11-12H,4,7,10,13H2,(H,30,33)(H,34,35). The summed E-state index contributed by atoms with van der Waals surface area (Å²) in [6, 6.07) is 13.8. The fourth-order valence-corrected chi connectivity index (χ4v) is 5.19. The Hall–Kier alpha value is -4.17. The number of nitrogens with zero attached hydrogens (tertiary/aromatic N) is 2. The zero-order chi connectivity index (χ0) is 25.0. The number of para-hydroxylation sites is 1. The summed E-state index contributed by atoms with van der Waals surface area (Å²) in [5.41, 5.74) is 1.65. The van der Waals surface area contributed by atoms with Gasteiger partial charge in [0.2, 0.25) is 0 Å². The van der Waals surface area contributed by atoms with Crippen LogP contribution in [0.3, 0.4) is 0 Å². The van der Waals surface area contributed by atoms with Crippen LogP contribution < -0.4 is 10.3 Å². The van der Waals surface area contributed by atoms with E-state index in [0.29, 0.717) is 47.0 Å². The highest BCUT2D eigenvalue weighted by atomic mass is 35.5. The van der Waals surface area contributed by atoms with Gasteiger partial charge in [0.25, 0.3) is 5.56 Å². The van der Waals surface area contributed by atoms with Crippen LogP contribution in [0.15, 0.2) is 59.5 Å². The van der Waals surface area contributed by atoms with Crippen LogP contribution in [0.5, 0.6) is 5.75 Å². The van der Waals surface area contributed by atoms with Gasteiger partial charge in [0, 0.05) is 28.3 Å². The molecule has 1 aliphatic rings. The second-order valence-electron chi connectivity index (χ2n) is 8.67. The van der Waals surface area contributed by atoms with Crippen molar-refractivity contribution >= 4 is 39.4 Å². The lowest BCUT2D eigenvalue weighted by Gasteiger charge is -2.20. The molecular weight excluding hydrogens is 485 g/mol. The van der Waals surface area contributed by atoms with Gasteiger partial charge in [-0.15, -0.1) is 0 Å². The Morgan fingerprint density at radius 2 is 2.06 bits per heavy atom. The Bertz CT molecular complexity index is 1760. The summed E-state index contributed by atoms with van der Waals surface area (Å²) in [7, 11) is 0. The number of aromatic carboxylic acids is 1. The van der Waals surface area contributed by atoms with Crippen molar-refractivity contribution in [1.82, 2.24) is 14.5 Å². The van der Waals surface area contributed by atoms with Crippen LogP contribution >= 0.6 is 11.6 Å². The van der Waals surface area contributed by atoms with Crippen LogP contribution in [-0.4, -0.2) is 32.2 Å². The molecule has 1 aliphatic heterocycles. The molecule has 2 aromatic carbocycles. The molecule has 36 heavy (non-hydrogen) atoms. The molecule has 0 atom stereocenters. The third-order valence-electron chi connectivity index (χ3n) is 6.54. The van der Waals surface area contributed by atoms with E-state index in [1.807, 2.05) is 30.3 Å². The van der Waals surface area contributed by atoms with E-state index in [0.717, 1.165) is 5.39 Å². The molecule has 0 radical (unpaired) electrons. The molecule has 0 spiro atoms. The Labute approximate surface area is 208 Å². The highest BCUT2D eigenvalue weighted by Gasteiger charge is 2.31. The second-order valence-corrected chi connectivity index (χ2v) is 9.03. The van der Waals surface area contributed by atoms with Crippen molar-refractivity contribution in [2.75, 3.05) is 6.61 Å². The molecule has 7 nitrogen and oxygen atoms in total. The van der Waals surface area contributed by atoms with Gasteiger partial charge >= 0.3 is 5.97 Å². The molecule has 0 amide bonds. The number of pyridine rings is 2. The first-order valence-electron chi connectivity index (χ1n) is 11.4. The van der Waals surface area contributed by atoms with Crippen molar-refractivity contribution in [2.24, 2.45) is 0 Å². The number of carboxylic acids is 1. The predicted octanol–water partition coefficient (Wildman–Crippen LogP) is 5.41. The van der Waals surface area contributed by atoms with Gasteiger partial charge in [0.1, 0.15) is 22.4 Å². The Kier molecular flexibility index (Phi) is 5.26. The molecule has 0 saturated heterocycles. The monoisotopic (exact) mass is 503 g/mol. The van der Waals surface area contributed by atoms with E-state index in [9.17, 15) is 14.7 Å². The van der Waals surface area contributed by atoms with Crippen LogP contribution in [0.1, 0.15) is 28.0 Å². The van der Waals surface area contributed by atoms with E-state index in [2.05, 4.69) is 9.97 Å². The molecule has 0 fully saturated rings. The summed E-state index contributed by atoms with van der Waals surface area (Å²) < 4.78 is 22.7. The van der Waals surface area contributed by atoms with E-state index in [1.165, 1.54) is 16.8 Å². The van der Waals surface area contributed by atoms with Gasteiger partial charge in [0.15, 0.2) is 0 Å². The zero-order valence-electron chi connectivity index (χ0n) is 18.8. The summed E-state index contributed by atoms with van der Waals surface area (Å²) in [6.45, 7) is 0.363. The van der Waals surface area contributed by atoms with Gasteiger partial charge in [-0.2, -0.15) is 0 Å². The zero-order valence-corrected chi connectivity index (χ0v) is 19.6. The maximum absolute atomic E-state index is 15.3. The Morgan fingerprint density at radius 3 is 2.86 bits per heavy atom. The molecule has 9 heteroatoms. The molecule has 0 unspecified atom stereocenters. The number of carbonyl (C=O) groups is 1. The van der Waals surface area contributed by atoms with Crippen molar-refractivity contribution in [3.05, 3.63) is 92.9 Å². The van der Waals surface area contributed by atoms with Crippen LogP contribution in [0, 0.1) is 5.82 Å². The highest BCUT2D eigenvalue weighted by molar-refractivity contribution is 6.30. The van der Waals surface area contributed by atoms with Gasteiger partial charge in [-0.05, 0) is 43.2 Å². The number of nitrogens with one attached hydrogen (secondary N) is 1. The van der Waals surface area contributed by atoms with Crippen LogP contribution in [0.2, 0.25) is 5.15 Å². The number of hydrogen-bond acceptors (Lipinski definition) is 4. The minimum atomic E-state index is -1.26. The molecule has 180 valence electrons. The normalized spacial score (nSPS) is 13.1. The Morgan fingerprint density at radius 1 is 1.22 bits per heavy atom. The number of aromatic nitrogens is 3. The topological polar surface area (TPSA) is 97.2 Å². The maximum atomic E-state index is 15.3. The average molecular weight is 504 g/mol. The largest absolute Gasteiger partial charge is 0.492 e. The summed E-state index contributed by atoms with van der Waals surface area (Å²) in [6.07, 6.45) is 2.56. The fraction of sp³-hybridized carbons (Fsp3) is 0.148. The van der Waals surface area contributed by atoms with E-state index in [-0.39, 0.29) is 34.3 Å². The molecule has 0 bridgehead atoms. The Balaban J connectivity index is 1.71. The van der Waals surface area contributed by atoms with Gasteiger partial charge in [-0.25, -0.2) is 14.2 Å². The predicted molar refractivity (Wildman–Crippen MR) is 135 cm³/mol. The van der Waals surface area contributed by atoms with Gasteiger partial charge in [-0.3, -0.25) is 4.79 Å². The van der Waals surface area contributed by atoms with Crippen molar-refractivity contribution in [1.29, 1.82) is 0 Å². The lowest BCUT2D eigenvalue weighted by Crippen LogP contribution is -2.14. The molecule has 0 aliphatic carbocycles. The van der Waals surface area contributed by atoms with E-state index >= 15 is 4.39 Å². The first-order valence-corrected chi connectivity index (χ1v) is 11.8. The molecular formula is C27H19ClFN3O4. The number of rotatable bonds is 4. The van der Waals surface area contributed by atoms with E-state index in [4.69, 9.17) is 16.3 Å². The second kappa shape index (κ2) is 8.49. The van der Waals surface area contributed by atoms with E-state index in [1.54, 1.807) is 12.1 Å². The summed E-state index contributed by atoms with van der Waals surface area (Å²) in [4.78, 5) is 32.6. The number of carboxylic acid groups (broad SMARTS) is 1. The van der Waals surface area contributed by atoms with Crippen LogP contribution in [-0.2, 0) is 13.0 Å². The molecule has 2 N–H and O–H groups in total. The van der Waals surface area contributed by atoms with Crippen molar-refractivity contribution < 1.29 is 19.0 Å². The van der Waals surface area contributed by atoms with Gasteiger partial charge in [0.05, 0.1) is 35.1 Å². The number of fused-ring (bicyclic) bond motifs is 4. The number of aromatic amines is 1. The maximum Gasteiger partial charge on any atom is 0.353 e. The quantitative estimate of drug-likeness (QED) is 0.320. The fourth-order valence-electron chi connectivity index (χ4n) is 4.98.